The quantitative estimate of drug-likeness (QED) is 0.616. The maximum atomic E-state index is 11.0. The summed E-state index contributed by atoms with van der Waals surface area (Å²) in [6.07, 6.45) is 4.86. The fourth-order valence-corrected chi connectivity index (χ4v) is 1.96. The van der Waals surface area contributed by atoms with E-state index in [1.807, 2.05) is 0 Å². The Balaban J connectivity index is 2.31. The highest BCUT2D eigenvalue weighted by Gasteiger charge is 2.21. The zero-order chi connectivity index (χ0) is 11.1. The van der Waals surface area contributed by atoms with E-state index < -0.39 is 5.97 Å². The highest BCUT2D eigenvalue weighted by molar-refractivity contribution is 5.73. The second-order valence-corrected chi connectivity index (χ2v) is 4.22. The largest absolute Gasteiger partial charge is 0.480 e. The van der Waals surface area contributed by atoms with Gasteiger partial charge in [0.1, 0.15) is 6.04 Å². The third kappa shape index (κ3) is 4.62. The van der Waals surface area contributed by atoms with Crippen LogP contribution >= 0.6 is 0 Å². The van der Waals surface area contributed by atoms with E-state index >= 15 is 0 Å². The van der Waals surface area contributed by atoms with Crippen molar-refractivity contribution >= 4 is 5.97 Å². The second-order valence-electron chi connectivity index (χ2n) is 4.22. The SMILES string of the molecule is CCCC[C@@H](NC1CCNCC1)C(=O)O. The Morgan fingerprint density at radius 3 is 2.73 bits per heavy atom. The summed E-state index contributed by atoms with van der Waals surface area (Å²) in [5, 5.41) is 15.6. The van der Waals surface area contributed by atoms with Gasteiger partial charge in [0.15, 0.2) is 0 Å². The van der Waals surface area contributed by atoms with Crippen LogP contribution in [0.2, 0.25) is 0 Å². The summed E-state index contributed by atoms with van der Waals surface area (Å²) >= 11 is 0. The number of carbonyl (C=O) groups is 1. The molecule has 1 aliphatic rings. The Morgan fingerprint density at radius 2 is 2.20 bits per heavy atom. The Hall–Kier alpha value is -0.610. The average molecular weight is 214 g/mol. The molecular weight excluding hydrogens is 192 g/mol. The topological polar surface area (TPSA) is 61.4 Å². The minimum Gasteiger partial charge on any atom is -0.480 e. The van der Waals surface area contributed by atoms with E-state index in [1.165, 1.54) is 0 Å². The number of aliphatic carboxylic acids is 1. The van der Waals surface area contributed by atoms with Crippen molar-refractivity contribution in [2.24, 2.45) is 0 Å². The molecule has 0 amide bonds. The monoisotopic (exact) mass is 214 g/mol. The van der Waals surface area contributed by atoms with Crippen LogP contribution in [-0.4, -0.2) is 36.2 Å². The molecule has 3 N–H and O–H groups in total. The van der Waals surface area contributed by atoms with Gasteiger partial charge in [0.2, 0.25) is 0 Å². The predicted molar refractivity (Wildman–Crippen MR) is 60.0 cm³/mol. The minimum absolute atomic E-state index is 0.354. The summed E-state index contributed by atoms with van der Waals surface area (Å²) in [6.45, 7) is 4.08. The maximum absolute atomic E-state index is 11.0. The number of hydrogen-bond donors (Lipinski definition) is 3. The smallest absolute Gasteiger partial charge is 0.320 e. The first-order valence-corrected chi connectivity index (χ1v) is 5.93. The van der Waals surface area contributed by atoms with E-state index in [4.69, 9.17) is 5.11 Å². The lowest BCUT2D eigenvalue weighted by molar-refractivity contribution is -0.140. The Kier molecular flexibility index (Phi) is 5.65. The zero-order valence-corrected chi connectivity index (χ0v) is 9.46. The van der Waals surface area contributed by atoms with Crippen molar-refractivity contribution < 1.29 is 9.90 Å². The van der Waals surface area contributed by atoms with Crippen molar-refractivity contribution in [3.05, 3.63) is 0 Å². The van der Waals surface area contributed by atoms with Crippen molar-refractivity contribution in [3.63, 3.8) is 0 Å². The highest BCUT2D eigenvalue weighted by atomic mass is 16.4. The number of nitrogens with one attached hydrogen (secondary N) is 2. The van der Waals surface area contributed by atoms with Crippen LogP contribution in [0.25, 0.3) is 0 Å². The van der Waals surface area contributed by atoms with Crippen molar-refractivity contribution in [3.8, 4) is 0 Å². The molecule has 4 nitrogen and oxygen atoms in total. The van der Waals surface area contributed by atoms with Crippen molar-refractivity contribution in [1.82, 2.24) is 10.6 Å². The molecule has 4 heteroatoms. The molecule has 0 aromatic carbocycles. The Bertz CT molecular complexity index is 191. The fraction of sp³-hybridized carbons (Fsp3) is 0.909. The zero-order valence-electron chi connectivity index (χ0n) is 9.46. The molecule has 0 saturated carbocycles. The molecule has 0 radical (unpaired) electrons. The number of rotatable bonds is 6. The summed E-state index contributed by atoms with van der Waals surface area (Å²) < 4.78 is 0. The lowest BCUT2D eigenvalue weighted by Gasteiger charge is -2.27. The van der Waals surface area contributed by atoms with Crippen molar-refractivity contribution in [2.45, 2.75) is 51.1 Å². The Labute approximate surface area is 91.4 Å². The van der Waals surface area contributed by atoms with Gasteiger partial charge in [0.25, 0.3) is 0 Å². The minimum atomic E-state index is -0.706. The number of unbranched alkanes of at least 4 members (excludes halogenated alkanes) is 1. The first-order valence-electron chi connectivity index (χ1n) is 5.93. The molecule has 1 aliphatic heterocycles. The lowest BCUT2D eigenvalue weighted by Crippen LogP contribution is -2.47. The van der Waals surface area contributed by atoms with E-state index in [0.29, 0.717) is 6.04 Å². The third-order valence-corrected chi connectivity index (χ3v) is 2.92. The van der Waals surface area contributed by atoms with Crippen LogP contribution in [0.15, 0.2) is 0 Å². The van der Waals surface area contributed by atoms with Crippen LogP contribution in [0.3, 0.4) is 0 Å². The molecule has 0 spiro atoms. The van der Waals surface area contributed by atoms with E-state index in [2.05, 4.69) is 17.6 Å². The van der Waals surface area contributed by atoms with Crippen molar-refractivity contribution in [2.75, 3.05) is 13.1 Å². The van der Waals surface area contributed by atoms with Gasteiger partial charge in [-0.2, -0.15) is 0 Å². The molecule has 1 heterocycles. The molecule has 0 aromatic heterocycles. The normalized spacial score (nSPS) is 20.1. The van der Waals surface area contributed by atoms with Crippen LogP contribution < -0.4 is 10.6 Å². The summed E-state index contributed by atoms with van der Waals surface area (Å²) in [5.74, 6) is -0.706. The molecule has 88 valence electrons. The predicted octanol–water partition coefficient (Wildman–Crippen LogP) is 0.971. The molecular formula is C11H22N2O2. The summed E-state index contributed by atoms with van der Waals surface area (Å²) in [5.41, 5.74) is 0. The van der Waals surface area contributed by atoms with Crippen LogP contribution in [0, 0.1) is 0 Å². The van der Waals surface area contributed by atoms with Crippen LogP contribution in [0.5, 0.6) is 0 Å². The van der Waals surface area contributed by atoms with E-state index in [1.54, 1.807) is 0 Å². The molecule has 1 fully saturated rings. The number of carboxylic acids is 1. The molecule has 1 rings (SSSR count). The van der Waals surface area contributed by atoms with Gasteiger partial charge < -0.3 is 15.7 Å². The Morgan fingerprint density at radius 1 is 1.53 bits per heavy atom. The third-order valence-electron chi connectivity index (χ3n) is 2.92. The molecule has 1 saturated heterocycles. The highest BCUT2D eigenvalue weighted by Crippen LogP contribution is 2.07. The fourth-order valence-electron chi connectivity index (χ4n) is 1.96. The van der Waals surface area contributed by atoms with E-state index in [-0.39, 0.29) is 6.04 Å². The van der Waals surface area contributed by atoms with E-state index in [9.17, 15) is 4.79 Å². The van der Waals surface area contributed by atoms with Gasteiger partial charge in [0, 0.05) is 6.04 Å². The van der Waals surface area contributed by atoms with Crippen LogP contribution in [-0.2, 0) is 4.79 Å². The lowest BCUT2D eigenvalue weighted by atomic mass is 10.0. The summed E-state index contributed by atoms with van der Waals surface area (Å²) in [7, 11) is 0. The molecule has 0 aromatic rings. The van der Waals surface area contributed by atoms with Gasteiger partial charge in [-0.1, -0.05) is 19.8 Å². The number of carboxylic acid groups (broad SMARTS) is 1. The molecule has 0 unspecified atom stereocenters. The first kappa shape index (κ1) is 12.5. The second kappa shape index (κ2) is 6.80. The van der Waals surface area contributed by atoms with Crippen molar-refractivity contribution in [1.29, 1.82) is 0 Å². The summed E-state index contributed by atoms with van der Waals surface area (Å²) in [6, 6.07) is 0.0252. The van der Waals surface area contributed by atoms with E-state index in [0.717, 1.165) is 45.2 Å². The van der Waals surface area contributed by atoms with Gasteiger partial charge in [-0.05, 0) is 32.4 Å². The van der Waals surface area contributed by atoms with Gasteiger partial charge in [-0.25, -0.2) is 0 Å². The summed E-state index contributed by atoms with van der Waals surface area (Å²) in [4.78, 5) is 11.0. The van der Waals surface area contributed by atoms with Gasteiger partial charge in [-0.3, -0.25) is 4.79 Å². The van der Waals surface area contributed by atoms with Gasteiger partial charge in [0.05, 0.1) is 0 Å². The molecule has 15 heavy (non-hydrogen) atoms. The molecule has 0 aliphatic carbocycles. The van der Waals surface area contributed by atoms with Gasteiger partial charge in [-0.15, -0.1) is 0 Å². The average Bonchev–Trinajstić information content (AvgIpc) is 2.25. The molecule has 0 bridgehead atoms. The number of hydrogen-bond acceptors (Lipinski definition) is 3. The van der Waals surface area contributed by atoms with Crippen LogP contribution in [0.4, 0.5) is 0 Å². The standard InChI is InChI=1S/C11H22N2O2/c1-2-3-4-10(11(14)15)13-9-5-7-12-8-6-9/h9-10,12-13H,2-8H2,1H3,(H,14,15)/t10-/m1/s1. The molecule has 1 atom stereocenters. The first-order chi connectivity index (χ1) is 7.24. The van der Waals surface area contributed by atoms with Gasteiger partial charge >= 0.3 is 5.97 Å². The maximum Gasteiger partial charge on any atom is 0.320 e. The van der Waals surface area contributed by atoms with Crippen LogP contribution in [0.1, 0.15) is 39.0 Å². The number of piperidine rings is 1.